The van der Waals surface area contributed by atoms with Gasteiger partial charge in [0, 0.05) is 18.2 Å². The van der Waals surface area contributed by atoms with E-state index in [0.29, 0.717) is 23.1 Å². The average molecular weight is 386 g/mol. The highest BCUT2D eigenvalue weighted by molar-refractivity contribution is 8.16. The number of rotatable bonds is 4. The van der Waals surface area contributed by atoms with Gasteiger partial charge in [-0.15, -0.1) is 23.5 Å². The first kappa shape index (κ1) is 18.1. The third kappa shape index (κ3) is 4.11. The van der Waals surface area contributed by atoms with Crippen LogP contribution in [0.1, 0.15) is 40.3 Å². The van der Waals surface area contributed by atoms with Crippen LogP contribution in [0.15, 0.2) is 24.3 Å². The first-order chi connectivity index (χ1) is 11.5. The quantitative estimate of drug-likeness (QED) is 0.797. The summed E-state index contributed by atoms with van der Waals surface area (Å²) in [5.74, 6) is 2.61. The Kier molecular flexibility index (Phi) is 5.82. The highest BCUT2D eigenvalue weighted by atomic mass is 32.2. The van der Waals surface area contributed by atoms with E-state index >= 15 is 0 Å². The number of thioether (sulfide) groups is 2. The lowest BCUT2D eigenvalue weighted by Crippen LogP contribution is -2.40. The van der Waals surface area contributed by atoms with Gasteiger partial charge in [-0.3, -0.25) is 4.79 Å². The zero-order chi connectivity index (χ0) is 17.2. The van der Waals surface area contributed by atoms with E-state index in [1.54, 1.807) is 4.90 Å². The van der Waals surface area contributed by atoms with Gasteiger partial charge in [0.15, 0.2) is 9.84 Å². The van der Waals surface area contributed by atoms with E-state index in [0.717, 1.165) is 0 Å². The number of nitrogens with zero attached hydrogens (tertiary/aromatic N) is 1. The number of sulfone groups is 1. The highest BCUT2D eigenvalue weighted by Gasteiger charge is 2.34. The Labute approximate surface area is 152 Å². The maximum absolute atomic E-state index is 12.8. The van der Waals surface area contributed by atoms with Crippen molar-refractivity contribution in [2.24, 2.45) is 0 Å². The van der Waals surface area contributed by atoms with Gasteiger partial charge in [-0.25, -0.2) is 8.42 Å². The fraction of sp³-hybridized carbons (Fsp3) is 0.588. The van der Waals surface area contributed by atoms with Gasteiger partial charge in [-0.05, 0) is 49.0 Å². The molecular weight excluding hydrogens is 362 g/mol. The van der Waals surface area contributed by atoms with Crippen molar-refractivity contribution in [3.63, 3.8) is 0 Å². The summed E-state index contributed by atoms with van der Waals surface area (Å²) in [4.78, 5) is 14.5. The first-order valence-corrected chi connectivity index (χ1v) is 12.3. The Balaban J connectivity index is 1.71. The Hall–Kier alpha value is -0.660. The molecule has 24 heavy (non-hydrogen) atoms. The van der Waals surface area contributed by atoms with E-state index in [-0.39, 0.29) is 23.5 Å². The van der Waals surface area contributed by atoms with Crippen LogP contribution in [0.25, 0.3) is 0 Å². The lowest BCUT2D eigenvalue weighted by Gasteiger charge is -2.27. The van der Waals surface area contributed by atoms with Gasteiger partial charge in [0.25, 0.3) is 5.91 Å². The van der Waals surface area contributed by atoms with Crippen molar-refractivity contribution in [2.45, 2.75) is 30.4 Å². The number of carbonyl (C=O) groups is 1. The zero-order valence-corrected chi connectivity index (χ0v) is 16.3. The molecule has 0 saturated carbocycles. The summed E-state index contributed by atoms with van der Waals surface area (Å²) in [6.07, 6.45) is 1.81. The Morgan fingerprint density at radius 2 is 1.88 bits per heavy atom. The van der Waals surface area contributed by atoms with Crippen LogP contribution in [0, 0.1) is 0 Å². The first-order valence-electron chi connectivity index (χ1n) is 8.35. The topological polar surface area (TPSA) is 54.5 Å². The molecule has 0 bridgehead atoms. The maximum atomic E-state index is 12.8. The van der Waals surface area contributed by atoms with Gasteiger partial charge >= 0.3 is 0 Å². The summed E-state index contributed by atoms with van der Waals surface area (Å²) in [7, 11) is -2.99. The number of carbonyl (C=O) groups excluding carboxylic acids is 1. The normalized spacial score (nSPS) is 24.0. The molecule has 7 heteroatoms. The molecule has 0 aromatic heterocycles. The van der Waals surface area contributed by atoms with E-state index in [4.69, 9.17) is 0 Å². The predicted octanol–water partition coefficient (Wildman–Crippen LogP) is 3.20. The highest BCUT2D eigenvalue weighted by Crippen LogP contribution is 2.43. The molecule has 1 atom stereocenters. The molecule has 0 radical (unpaired) electrons. The number of hydrogen-bond donors (Lipinski definition) is 0. The Morgan fingerprint density at radius 3 is 2.42 bits per heavy atom. The molecule has 132 valence electrons. The summed E-state index contributed by atoms with van der Waals surface area (Å²) in [5.41, 5.74) is 1.91. The third-order valence-corrected chi connectivity index (χ3v) is 9.27. The predicted molar refractivity (Wildman–Crippen MR) is 102 cm³/mol. The van der Waals surface area contributed by atoms with E-state index in [1.807, 2.05) is 54.7 Å². The minimum Gasteiger partial charge on any atom is -0.335 e. The van der Waals surface area contributed by atoms with Crippen molar-refractivity contribution >= 4 is 39.3 Å². The molecule has 1 aromatic carbocycles. The molecule has 3 rings (SSSR count). The molecule has 2 heterocycles. The van der Waals surface area contributed by atoms with Crippen molar-refractivity contribution in [1.82, 2.24) is 4.90 Å². The van der Waals surface area contributed by atoms with Crippen LogP contribution in [0.3, 0.4) is 0 Å². The van der Waals surface area contributed by atoms with Gasteiger partial charge < -0.3 is 4.90 Å². The van der Waals surface area contributed by atoms with Crippen molar-refractivity contribution in [2.75, 3.05) is 29.6 Å². The minimum atomic E-state index is -2.99. The number of benzene rings is 1. The lowest BCUT2D eigenvalue weighted by atomic mass is 10.1. The SMILES string of the molecule is CCN(C(=O)c1ccc(C2SCCCS2)cc1)C1CCS(=O)(=O)C1. The minimum absolute atomic E-state index is 0.0601. The van der Waals surface area contributed by atoms with Crippen LogP contribution >= 0.6 is 23.5 Å². The van der Waals surface area contributed by atoms with Crippen molar-refractivity contribution in [3.8, 4) is 0 Å². The molecular formula is C17H23NO3S3. The van der Waals surface area contributed by atoms with E-state index in [2.05, 4.69) is 0 Å². The van der Waals surface area contributed by atoms with Gasteiger partial charge in [-0.2, -0.15) is 0 Å². The van der Waals surface area contributed by atoms with E-state index in [9.17, 15) is 13.2 Å². The van der Waals surface area contributed by atoms with Crippen LogP contribution in [0.4, 0.5) is 0 Å². The molecule has 0 aliphatic carbocycles. The van der Waals surface area contributed by atoms with E-state index < -0.39 is 9.84 Å². The monoisotopic (exact) mass is 385 g/mol. The Morgan fingerprint density at radius 1 is 1.21 bits per heavy atom. The van der Waals surface area contributed by atoms with Crippen LogP contribution < -0.4 is 0 Å². The van der Waals surface area contributed by atoms with Crippen molar-refractivity contribution in [3.05, 3.63) is 35.4 Å². The zero-order valence-electron chi connectivity index (χ0n) is 13.8. The molecule has 2 aliphatic heterocycles. The summed E-state index contributed by atoms with van der Waals surface area (Å²) in [6, 6.07) is 7.68. The fourth-order valence-corrected chi connectivity index (χ4v) is 7.84. The standard InChI is InChI=1S/C17H23NO3S3/c1-2-18(15-8-11-24(20,21)12-15)16(19)13-4-6-14(7-5-13)17-22-9-3-10-23-17/h4-7,15,17H,2-3,8-12H2,1H3. The number of hydrogen-bond acceptors (Lipinski definition) is 5. The molecule has 2 saturated heterocycles. The molecule has 2 aliphatic rings. The maximum Gasteiger partial charge on any atom is 0.254 e. The van der Waals surface area contributed by atoms with Gasteiger partial charge in [-0.1, -0.05) is 12.1 Å². The smallest absolute Gasteiger partial charge is 0.254 e. The summed E-state index contributed by atoms with van der Waals surface area (Å²) < 4.78 is 23.9. The van der Waals surface area contributed by atoms with Crippen molar-refractivity contribution in [1.29, 1.82) is 0 Å². The lowest BCUT2D eigenvalue weighted by molar-refractivity contribution is 0.0708. The molecule has 1 amide bonds. The molecule has 1 unspecified atom stereocenters. The van der Waals surface area contributed by atoms with E-state index in [1.165, 1.54) is 23.5 Å². The summed E-state index contributed by atoms with van der Waals surface area (Å²) >= 11 is 3.92. The summed E-state index contributed by atoms with van der Waals surface area (Å²) in [5, 5.41) is 0. The van der Waals surface area contributed by atoms with Gasteiger partial charge in [0.05, 0.1) is 16.1 Å². The second-order valence-corrected chi connectivity index (χ2v) is 11.2. The van der Waals surface area contributed by atoms with Crippen LogP contribution in [-0.2, 0) is 9.84 Å². The molecule has 2 fully saturated rings. The third-order valence-electron chi connectivity index (χ3n) is 4.51. The van der Waals surface area contributed by atoms with Crippen molar-refractivity contribution < 1.29 is 13.2 Å². The molecule has 0 N–H and O–H groups in total. The molecule has 0 spiro atoms. The Bertz CT molecular complexity index is 682. The van der Waals surface area contributed by atoms with Crippen LogP contribution in [-0.4, -0.2) is 54.8 Å². The molecule has 4 nitrogen and oxygen atoms in total. The second-order valence-electron chi connectivity index (χ2n) is 6.20. The average Bonchev–Trinajstić information content (AvgIpc) is 2.96. The summed E-state index contributed by atoms with van der Waals surface area (Å²) in [6.45, 7) is 2.45. The van der Waals surface area contributed by atoms with Gasteiger partial charge in [0.1, 0.15) is 0 Å². The molecule has 1 aromatic rings. The largest absolute Gasteiger partial charge is 0.335 e. The second kappa shape index (κ2) is 7.70. The van der Waals surface area contributed by atoms with Crippen LogP contribution in [0.2, 0.25) is 0 Å². The fourth-order valence-electron chi connectivity index (χ4n) is 3.22. The van der Waals surface area contributed by atoms with Gasteiger partial charge in [0.2, 0.25) is 0 Å². The number of amides is 1. The van der Waals surface area contributed by atoms with Crippen LogP contribution in [0.5, 0.6) is 0 Å².